The summed E-state index contributed by atoms with van der Waals surface area (Å²) in [5.74, 6) is -2.44. The molecule has 0 unspecified atom stereocenters. The molecule has 0 bridgehead atoms. The third-order valence-corrected chi connectivity index (χ3v) is 10.1. The van der Waals surface area contributed by atoms with Crippen LogP contribution in [0.3, 0.4) is 0 Å². The molecule has 0 spiro atoms. The van der Waals surface area contributed by atoms with Gasteiger partial charge in [-0.05, 0) is 25.0 Å². The van der Waals surface area contributed by atoms with E-state index in [9.17, 15) is 19.2 Å². The van der Waals surface area contributed by atoms with Crippen LogP contribution in [0, 0.1) is 0 Å². The van der Waals surface area contributed by atoms with Gasteiger partial charge in [-0.1, -0.05) is 206 Å². The van der Waals surface area contributed by atoms with E-state index < -0.39 is 23.6 Å². The summed E-state index contributed by atoms with van der Waals surface area (Å²) < 4.78 is 0. The van der Waals surface area contributed by atoms with Gasteiger partial charge in [0.1, 0.15) is 0 Å². The first-order valence-electron chi connectivity index (χ1n) is 21.2. The number of nitrogens with two attached hydrogens (primary N) is 1. The van der Waals surface area contributed by atoms with E-state index in [0.29, 0.717) is 12.8 Å². The van der Waals surface area contributed by atoms with Crippen LogP contribution in [0.2, 0.25) is 0 Å². The van der Waals surface area contributed by atoms with Gasteiger partial charge in [-0.15, -0.1) is 0 Å². The lowest BCUT2D eigenvalue weighted by molar-refractivity contribution is -0.141. The average Bonchev–Trinajstić information content (AvgIpc) is 3.11. The summed E-state index contributed by atoms with van der Waals surface area (Å²) in [6.45, 7) is 4.52. The van der Waals surface area contributed by atoms with Crippen molar-refractivity contribution in [2.45, 2.75) is 219 Å². The number of amides is 4. The molecule has 6 heteroatoms. The number of imide groups is 3. The fraction of sp³-hybridized carbons (Fsp3) is 0.773. The van der Waals surface area contributed by atoms with Crippen LogP contribution in [0.15, 0.2) is 24.3 Å². The van der Waals surface area contributed by atoms with Crippen LogP contribution in [-0.4, -0.2) is 28.5 Å². The molecule has 0 aliphatic heterocycles. The lowest BCUT2D eigenvalue weighted by Gasteiger charge is -2.20. The highest BCUT2D eigenvalue weighted by Gasteiger charge is 2.30. The Labute approximate surface area is 307 Å². The molecule has 6 nitrogen and oxygen atoms in total. The lowest BCUT2D eigenvalue weighted by atomic mass is 10.0. The van der Waals surface area contributed by atoms with E-state index in [-0.39, 0.29) is 24.0 Å². The summed E-state index contributed by atoms with van der Waals surface area (Å²) in [4.78, 5) is 53.1. The van der Waals surface area contributed by atoms with E-state index >= 15 is 0 Å². The van der Waals surface area contributed by atoms with Crippen molar-refractivity contribution in [2.75, 3.05) is 0 Å². The number of hydrogen-bond acceptors (Lipinski definition) is 4. The Kier molecular flexibility index (Phi) is 29.5. The molecular weight excluding hydrogens is 620 g/mol. The number of nitrogens with zero attached hydrogens (tertiary/aromatic N) is 1. The van der Waals surface area contributed by atoms with Gasteiger partial charge < -0.3 is 5.73 Å². The second-order valence-corrected chi connectivity index (χ2v) is 14.7. The number of carbonyl (C=O) groups excluding carboxylic acids is 4. The summed E-state index contributed by atoms with van der Waals surface area (Å²) in [7, 11) is 0. The van der Waals surface area contributed by atoms with Crippen LogP contribution in [0.5, 0.6) is 0 Å². The van der Waals surface area contributed by atoms with Gasteiger partial charge in [0.2, 0.25) is 17.7 Å². The van der Waals surface area contributed by atoms with Crippen LogP contribution < -0.4 is 5.73 Å². The minimum absolute atomic E-state index is 0.00897. The molecule has 286 valence electrons. The van der Waals surface area contributed by atoms with Crippen molar-refractivity contribution in [3.8, 4) is 0 Å². The van der Waals surface area contributed by atoms with Crippen molar-refractivity contribution >= 4 is 23.6 Å². The van der Waals surface area contributed by atoms with E-state index in [0.717, 1.165) is 43.4 Å². The molecule has 1 rings (SSSR count). The highest BCUT2D eigenvalue weighted by molar-refractivity contribution is 6.19. The molecular formula is C44H76N2O4. The van der Waals surface area contributed by atoms with Crippen LogP contribution in [0.25, 0.3) is 0 Å². The maximum atomic E-state index is 13.6. The topological polar surface area (TPSA) is 97.5 Å². The molecule has 0 heterocycles. The van der Waals surface area contributed by atoms with Crippen LogP contribution >= 0.6 is 0 Å². The van der Waals surface area contributed by atoms with Crippen molar-refractivity contribution in [3.05, 3.63) is 35.4 Å². The molecule has 1 aromatic carbocycles. The standard InChI is InChI=1S/C44H76N2O4/c1-3-5-7-9-11-13-15-17-19-21-23-25-27-29-31-37-41(47)46(44(50)40-36-34-33-35-39(40)43(45)49)42(48)38-32-30-28-26-24-22-20-18-16-14-12-10-8-6-4-2/h33-36H,3-32,37-38H2,1-2H3,(H2,45,49). The molecule has 0 radical (unpaired) electrons. The summed E-state index contributed by atoms with van der Waals surface area (Å²) in [5, 5.41) is 0. The molecule has 1 aromatic rings. The Hall–Kier alpha value is -2.50. The second-order valence-electron chi connectivity index (χ2n) is 14.7. The van der Waals surface area contributed by atoms with Crippen LogP contribution in [0.1, 0.15) is 240 Å². The zero-order chi connectivity index (χ0) is 36.5. The van der Waals surface area contributed by atoms with Crippen molar-refractivity contribution in [2.24, 2.45) is 5.73 Å². The number of carbonyl (C=O) groups is 4. The van der Waals surface area contributed by atoms with Gasteiger partial charge in [0.25, 0.3) is 5.91 Å². The van der Waals surface area contributed by atoms with E-state index in [2.05, 4.69) is 13.8 Å². The fourth-order valence-corrected chi connectivity index (χ4v) is 6.89. The Morgan fingerprint density at radius 1 is 0.420 bits per heavy atom. The first-order chi connectivity index (χ1) is 24.4. The normalized spacial score (nSPS) is 11.2. The van der Waals surface area contributed by atoms with Crippen molar-refractivity contribution < 1.29 is 19.2 Å². The zero-order valence-electron chi connectivity index (χ0n) is 32.6. The first kappa shape index (κ1) is 45.5. The lowest BCUT2D eigenvalue weighted by Crippen LogP contribution is -2.42. The van der Waals surface area contributed by atoms with Gasteiger partial charge >= 0.3 is 0 Å². The van der Waals surface area contributed by atoms with Gasteiger partial charge in [0.05, 0.1) is 11.1 Å². The maximum Gasteiger partial charge on any atom is 0.268 e. The van der Waals surface area contributed by atoms with Crippen molar-refractivity contribution in [1.82, 2.24) is 4.90 Å². The molecule has 0 aromatic heterocycles. The summed E-state index contributed by atoms with van der Waals surface area (Å²) in [6, 6.07) is 6.18. The van der Waals surface area contributed by atoms with Crippen molar-refractivity contribution in [3.63, 3.8) is 0 Å². The number of unbranched alkanes of at least 4 members (excludes halogenated alkanes) is 28. The SMILES string of the molecule is CCCCCCCCCCCCCCCCCC(=O)N(C(=O)CCCCCCCCCCCCCCCCC)C(=O)c1ccccc1C(N)=O. The van der Waals surface area contributed by atoms with Gasteiger partial charge in [0, 0.05) is 12.8 Å². The quantitative estimate of drug-likeness (QED) is 0.0725. The largest absolute Gasteiger partial charge is 0.366 e. The molecule has 2 N–H and O–H groups in total. The van der Waals surface area contributed by atoms with Crippen LogP contribution in [-0.2, 0) is 9.59 Å². The fourth-order valence-electron chi connectivity index (χ4n) is 6.89. The third kappa shape index (κ3) is 23.1. The van der Waals surface area contributed by atoms with Gasteiger partial charge in [0.15, 0.2) is 0 Å². The minimum atomic E-state index is -0.751. The predicted octanol–water partition coefficient (Wildman–Crippen LogP) is 12.8. The molecule has 0 saturated heterocycles. The minimum Gasteiger partial charge on any atom is -0.366 e. The van der Waals surface area contributed by atoms with E-state index in [4.69, 9.17) is 5.73 Å². The molecule has 0 atom stereocenters. The Morgan fingerprint density at radius 2 is 0.680 bits per heavy atom. The Morgan fingerprint density at radius 3 is 0.960 bits per heavy atom. The number of benzene rings is 1. The highest BCUT2D eigenvalue weighted by atomic mass is 16.2. The first-order valence-corrected chi connectivity index (χ1v) is 21.2. The monoisotopic (exact) mass is 697 g/mol. The van der Waals surface area contributed by atoms with Crippen LogP contribution in [0.4, 0.5) is 0 Å². The molecule has 0 fully saturated rings. The predicted molar refractivity (Wildman–Crippen MR) is 210 cm³/mol. The Balaban J connectivity index is 2.38. The molecule has 0 saturated carbocycles. The van der Waals surface area contributed by atoms with E-state index in [1.54, 1.807) is 12.1 Å². The summed E-state index contributed by atoms with van der Waals surface area (Å²) in [6.07, 6.45) is 37.1. The second kappa shape index (κ2) is 32.4. The molecule has 4 amide bonds. The Bertz CT molecular complexity index is 977. The zero-order valence-corrected chi connectivity index (χ0v) is 32.6. The van der Waals surface area contributed by atoms with Gasteiger partial charge in [-0.3, -0.25) is 19.2 Å². The van der Waals surface area contributed by atoms with Crippen molar-refractivity contribution in [1.29, 1.82) is 0 Å². The summed E-state index contributed by atoms with van der Waals surface area (Å²) >= 11 is 0. The number of rotatable bonds is 34. The van der Waals surface area contributed by atoms with Gasteiger partial charge in [-0.2, -0.15) is 0 Å². The number of primary amides is 1. The summed E-state index contributed by atoms with van der Waals surface area (Å²) in [5.41, 5.74) is 5.56. The van der Waals surface area contributed by atoms with E-state index in [1.807, 2.05) is 0 Å². The third-order valence-electron chi connectivity index (χ3n) is 10.1. The molecule has 50 heavy (non-hydrogen) atoms. The molecule has 0 aliphatic rings. The average molecular weight is 697 g/mol. The maximum absolute atomic E-state index is 13.6. The highest BCUT2D eigenvalue weighted by Crippen LogP contribution is 2.19. The number of hydrogen-bond donors (Lipinski definition) is 1. The van der Waals surface area contributed by atoms with Gasteiger partial charge in [-0.25, -0.2) is 4.90 Å². The van der Waals surface area contributed by atoms with E-state index in [1.165, 1.54) is 153 Å². The molecule has 0 aliphatic carbocycles. The smallest absolute Gasteiger partial charge is 0.268 e.